The summed E-state index contributed by atoms with van der Waals surface area (Å²) in [4.78, 5) is 10.9. The Balaban J connectivity index is 2.48. The number of halogens is 1. The Morgan fingerprint density at radius 2 is 2.29 bits per heavy atom. The molecule has 74 valence electrons. The second-order valence-electron chi connectivity index (χ2n) is 3.59. The van der Waals surface area contributed by atoms with Gasteiger partial charge in [0.15, 0.2) is 0 Å². The quantitative estimate of drug-likeness (QED) is 0.744. The smallest absolute Gasteiger partial charge is 0.335 e. The molecule has 1 N–H and O–H groups in total. The molecule has 2 nitrogen and oxygen atoms in total. The fourth-order valence-electron chi connectivity index (χ4n) is 1.95. The molecule has 0 saturated carbocycles. The number of hydrogen-bond acceptors (Lipinski definition) is 1. The molecule has 1 aliphatic carbocycles. The molecule has 0 heterocycles. The Morgan fingerprint density at radius 3 is 3.00 bits per heavy atom. The van der Waals surface area contributed by atoms with Gasteiger partial charge in [0, 0.05) is 6.42 Å². The molecular formula is C11H11FO2. The van der Waals surface area contributed by atoms with Gasteiger partial charge in [0.25, 0.3) is 0 Å². The van der Waals surface area contributed by atoms with Gasteiger partial charge in [0.1, 0.15) is 6.17 Å². The first-order chi connectivity index (χ1) is 6.68. The maximum atomic E-state index is 13.1. The third-order valence-corrected chi connectivity index (χ3v) is 2.66. The molecule has 1 aliphatic rings. The van der Waals surface area contributed by atoms with E-state index in [0.717, 1.165) is 5.56 Å². The summed E-state index contributed by atoms with van der Waals surface area (Å²) in [6, 6.07) is 5.15. The number of carbonyl (C=O) groups is 1. The van der Waals surface area contributed by atoms with E-state index in [0.29, 0.717) is 18.4 Å². The number of hydrogen-bond donors (Lipinski definition) is 1. The van der Waals surface area contributed by atoms with E-state index in [4.69, 9.17) is 5.11 Å². The summed E-state index contributed by atoms with van der Waals surface area (Å²) in [7, 11) is 0. The van der Waals surface area contributed by atoms with Crippen molar-refractivity contribution in [2.24, 2.45) is 0 Å². The lowest BCUT2D eigenvalue weighted by Gasteiger charge is -2.20. The maximum absolute atomic E-state index is 13.1. The molecule has 0 aromatic heterocycles. The Bertz CT molecular complexity index is 374. The summed E-state index contributed by atoms with van der Waals surface area (Å²) in [6.45, 7) is 0. The molecule has 0 bridgehead atoms. The van der Waals surface area contributed by atoms with Gasteiger partial charge in [0.2, 0.25) is 0 Å². The van der Waals surface area contributed by atoms with Crippen molar-refractivity contribution in [3.8, 4) is 0 Å². The van der Waals surface area contributed by atoms with Crippen LogP contribution in [0.2, 0.25) is 0 Å². The number of aryl methyl sites for hydroxylation is 1. The van der Waals surface area contributed by atoms with Crippen LogP contribution < -0.4 is 0 Å². The van der Waals surface area contributed by atoms with Crippen molar-refractivity contribution in [1.82, 2.24) is 0 Å². The van der Waals surface area contributed by atoms with Gasteiger partial charge in [0.05, 0.1) is 5.56 Å². The monoisotopic (exact) mass is 194 g/mol. The van der Waals surface area contributed by atoms with E-state index in [9.17, 15) is 9.18 Å². The van der Waals surface area contributed by atoms with Crippen molar-refractivity contribution in [3.63, 3.8) is 0 Å². The van der Waals surface area contributed by atoms with Crippen molar-refractivity contribution < 1.29 is 14.3 Å². The first kappa shape index (κ1) is 9.19. The molecule has 0 aliphatic heterocycles. The Morgan fingerprint density at radius 1 is 1.50 bits per heavy atom. The molecule has 0 spiro atoms. The van der Waals surface area contributed by atoms with E-state index >= 15 is 0 Å². The van der Waals surface area contributed by atoms with Crippen molar-refractivity contribution in [2.45, 2.75) is 25.4 Å². The number of rotatable bonds is 1. The summed E-state index contributed by atoms with van der Waals surface area (Å²) >= 11 is 0. The summed E-state index contributed by atoms with van der Waals surface area (Å²) in [5.74, 6) is -0.962. The predicted octanol–water partition coefficient (Wildman–Crippen LogP) is 2.21. The van der Waals surface area contributed by atoms with Gasteiger partial charge in [-0.1, -0.05) is 12.1 Å². The van der Waals surface area contributed by atoms with Crippen LogP contribution in [0, 0.1) is 0 Å². The maximum Gasteiger partial charge on any atom is 0.335 e. The van der Waals surface area contributed by atoms with Crippen molar-refractivity contribution in [1.29, 1.82) is 0 Å². The van der Waals surface area contributed by atoms with E-state index in [1.807, 2.05) is 6.07 Å². The second-order valence-corrected chi connectivity index (χ2v) is 3.59. The van der Waals surface area contributed by atoms with Crippen LogP contribution in [-0.4, -0.2) is 17.2 Å². The minimum absolute atomic E-state index is 0.248. The molecule has 1 aromatic rings. The van der Waals surface area contributed by atoms with Gasteiger partial charge in [-0.25, -0.2) is 9.18 Å². The number of alkyl halides is 1. The third-order valence-electron chi connectivity index (χ3n) is 2.66. The molecule has 0 fully saturated rings. The zero-order valence-electron chi connectivity index (χ0n) is 7.66. The van der Waals surface area contributed by atoms with Crippen LogP contribution >= 0.6 is 0 Å². The van der Waals surface area contributed by atoms with Gasteiger partial charge >= 0.3 is 5.97 Å². The normalized spacial score (nSPS) is 20.2. The van der Waals surface area contributed by atoms with Crippen molar-refractivity contribution >= 4 is 5.97 Å². The third kappa shape index (κ3) is 1.50. The van der Waals surface area contributed by atoms with Crippen LogP contribution in [-0.2, 0) is 12.8 Å². The van der Waals surface area contributed by atoms with E-state index in [1.165, 1.54) is 0 Å². The molecule has 1 unspecified atom stereocenters. The van der Waals surface area contributed by atoms with Crippen molar-refractivity contribution in [3.05, 3.63) is 34.9 Å². The molecule has 3 heteroatoms. The number of benzene rings is 1. The summed E-state index contributed by atoms with van der Waals surface area (Å²) in [5.41, 5.74) is 1.92. The second kappa shape index (κ2) is 3.40. The van der Waals surface area contributed by atoms with Gasteiger partial charge in [-0.15, -0.1) is 0 Å². The van der Waals surface area contributed by atoms with Crippen molar-refractivity contribution in [2.75, 3.05) is 0 Å². The minimum atomic E-state index is -0.962. The molecule has 0 radical (unpaired) electrons. The highest BCUT2D eigenvalue weighted by molar-refractivity contribution is 5.89. The van der Waals surface area contributed by atoms with E-state index in [2.05, 4.69) is 0 Å². The highest BCUT2D eigenvalue weighted by Gasteiger charge is 2.22. The van der Waals surface area contributed by atoms with Crippen LogP contribution in [0.5, 0.6) is 0 Å². The number of carboxylic acids is 1. The molecule has 2 rings (SSSR count). The fraction of sp³-hybridized carbons (Fsp3) is 0.364. The standard InChI is InChI=1S/C11H11FO2/c12-8-5-4-7-2-1-3-9(11(13)14)10(7)6-8/h1-3,8H,4-6H2,(H,13,14). The predicted molar refractivity (Wildman–Crippen MR) is 50.3 cm³/mol. The minimum Gasteiger partial charge on any atom is -0.478 e. The molecule has 0 amide bonds. The fourth-order valence-corrected chi connectivity index (χ4v) is 1.95. The van der Waals surface area contributed by atoms with Crippen LogP contribution in [0.3, 0.4) is 0 Å². The van der Waals surface area contributed by atoms with E-state index < -0.39 is 12.1 Å². The first-order valence-electron chi connectivity index (χ1n) is 4.66. The number of aromatic carboxylic acids is 1. The van der Waals surface area contributed by atoms with E-state index in [1.54, 1.807) is 12.1 Å². The first-order valence-corrected chi connectivity index (χ1v) is 4.66. The average Bonchev–Trinajstić information content (AvgIpc) is 2.16. The van der Waals surface area contributed by atoms with Gasteiger partial charge in [-0.05, 0) is 30.0 Å². The molecule has 14 heavy (non-hydrogen) atoms. The zero-order valence-corrected chi connectivity index (χ0v) is 7.66. The Labute approximate surface area is 81.4 Å². The molecule has 0 saturated heterocycles. The highest BCUT2D eigenvalue weighted by atomic mass is 19.1. The average molecular weight is 194 g/mol. The van der Waals surface area contributed by atoms with Gasteiger partial charge in [-0.2, -0.15) is 0 Å². The van der Waals surface area contributed by atoms with Gasteiger partial charge in [-0.3, -0.25) is 0 Å². The summed E-state index contributed by atoms with van der Waals surface area (Å²) in [6.07, 6.45) is 0.522. The lowest BCUT2D eigenvalue weighted by molar-refractivity contribution is 0.0695. The largest absolute Gasteiger partial charge is 0.478 e. The van der Waals surface area contributed by atoms with Crippen LogP contribution in [0.1, 0.15) is 27.9 Å². The highest BCUT2D eigenvalue weighted by Crippen LogP contribution is 2.26. The molecule has 1 atom stereocenters. The van der Waals surface area contributed by atoms with Crippen LogP contribution in [0.25, 0.3) is 0 Å². The van der Waals surface area contributed by atoms with Crippen LogP contribution in [0.4, 0.5) is 4.39 Å². The lowest BCUT2D eigenvalue weighted by Crippen LogP contribution is -2.18. The lowest BCUT2D eigenvalue weighted by atomic mass is 9.87. The number of carboxylic acid groups (broad SMARTS) is 1. The summed E-state index contributed by atoms with van der Waals surface area (Å²) < 4.78 is 13.1. The Hall–Kier alpha value is -1.38. The van der Waals surface area contributed by atoms with E-state index in [-0.39, 0.29) is 12.0 Å². The van der Waals surface area contributed by atoms with Crippen LogP contribution in [0.15, 0.2) is 18.2 Å². The Kier molecular flexibility index (Phi) is 2.23. The zero-order chi connectivity index (χ0) is 10.1. The topological polar surface area (TPSA) is 37.3 Å². The molecular weight excluding hydrogens is 183 g/mol. The van der Waals surface area contributed by atoms with Gasteiger partial charge < -0.3 is 5.11 Å². The number of fused-ring (bicyclic) bond motifs is 1. The SMILES string of the molecule is O=C(O)c1cccc2c1CC(F)CC2. The summed E-state index contributed by atoms with van der Waals surface area (Å²) in [5, 5.41) is 8.90. The molecule has 1 aromatic carbocycles.